The van der Waals surface area contributed by atoms with Crippen LogP contribution in [0.4, 0.5) is 0 Å². The van der Waals surface area contributed by atoms with Crippen molar-refractivity contribution in [2.24, 2.45) is 0 Å². The van der Waals surface area contributed by atoms with Crippen LogP contribution in [-0.2, 0) is 0 Å². The molecule has 1 aromatic rings. The van der Waals surface area contributed by atoms with Gasteiger partial charge in [-0.3, -0.25) is 9.89 Å². The molecule has 1 heterocycles. The number of amides is 1. The molecule has 0 spiro atoms. The maximum Gasteiger partial charge on any atom is 0.256 e. The van der Waals surface area contributed by atoms with E-state index in [1.54, 1.807) is 17.3 Å². The maximum absolute atomic E-state index is 12.1. The summed E-state index contributed by atoms with van der Waals surface area (Å²) in [7, 11) is 6.05. The lowest BCUT2D eigenvalue weighted by molar-refractivity contribution is 0.0252. The summed E-state index contributed by atoms with van der Waals surface area (Å²) < 4.78 is 0. The van der Waals surface area contributed by atoms with Crippen LogP contribution in [0.5, 0.6) is 0 Å². The van der Waals surface area contributed by atoms with Crippen LogP contribution in [0.25, 0.3) is 0 Å². The van der Waals surface area contributed by atoms with Crippen LogP contribution < -0.4 is 0 Å². The molecule has 0 aliphatic heterocycles. The predicted octanol–water partition coefficient (Wildman–Crippen LogP) is 0.966. The van der Waals surface area contributed by atoms with Crippen LogP contribution in [-0.4, -0.2) is 59.1 Å². The smallest absolute Gasteiger partial charge is 0.256 e. The van der Waals surface area contributed by atoms with Gasteiger partial charge in [0.2, 0.25) is 0 Å². The monoisotopic (exact) mass is 236 g/mol. The van der Waals surface area contributed by atoms with Crippen LogP contribution >= 0.6 is 0 Å². The van der Waals surface area contributed by atoms with E-state index in [4.69, 9.17) is 0 Å². The van der Waals surface area contributed by atoms with Gasteiger partial charge in [0, 0.05) is 25.3 Å². The minimum atomic E-state index is 0.0341. The van der Waals surface area contributed by atoms with E-state index < -0.39 is 0 Å². The number of likely N-dealkylation sites (N-methyl/N-ethyl adjacent to an activating group) is 2. The molecule has 2 rings (SSSR count). The summed E-state index contributed by atoms with van der Waals surface area (Å²) in [5, 5.41) is 6.48. The Bertz CT molecular complexity index is 381. The summed E-state index contributed by atoms with van der Waals surface area (Å²) >= 11 is 0. The van der Waals surface area contributed by atoms with Crippen LogP contribution in [0.1, 0.15) is 29.6 Å². The van der Waals surface area contributed by atoms with Crippen molar-refractivity contribution in [1.29, 1.82) is 0 Å². The van der Waals surface area contributed by atoms with E-state index in [1.165, 1.54) is 19.3 Å². The van der Waals surface area contributed by atoms with Crippen molar-refractivity contribution in [2.75, 3.05) is 27.7 Å². The van der Waals surface area contributed by atoms with Crippen LogP contribution in [0, 0.1) is 0 Å². The van der Waals surface area contributed by atoms with Gasteiger partial charge in [-0.1, -0.05) is 0 Å². The number of carbonyl (C=O) groups excluding carboxylic acids is 1. The molecule has 1 aromatic heterocycles. The van der Waals surface area contributed by atoms with Gasteiger partial charge in [0.25, 0.3) is 5.91 Å². The van der Waals surface area contributed by atoms with Gasteiger partial charge in [-0.15, -0.1) is 0 Å². The Morgan fingerprint density at radius 1 is 1.47 bits per heavy atom. The molecule has 1 amide bonds. The number of aromatic amines is 1. The topological polar surface area (TPSA) is 52.2 Å². The van der Waals surface area contributed by atoms with Crippen LogP contribution in [0.3, 0.4) is 0 Å². The standard InChI is InChI=1S/C12H20N4O/c1-15(2)12(5-4-6-12)9-16(3)11(17)10-7-13-14-8-10/h7-8H,4-6,9H2,1-3H3,(H,13,14). The molecule has 94 valence electrons. The van der Waals surface area contributed by atoms with E-state index in [0.717, 1.165) is 6.54 Å². The quantitative estimate of drug-likeness (QED) is 0.847. The highest BCUT2D eigenvalue weighted by atomic mass is 16.2. The third kappa shape index (κ3) is 2.20. The minimum Gasteiger partial charge on any atom is -0.340 e. The molecule has 0 bridgehead atoms. The van der Waals surface area contributed by atoms with E-state index in [2.05, 4.69) is 29.2 Å². The molecule has 1 aliphatic carbocycles. The summed E-state index contributed by atoms with van der Waals surface area (Å²) in [5.41, 5.74) is 0.800. The largest absolute Gasteiger partial charge is 0.340 e. The van der Waals surface area contributed by atoms with Gasteiger partial charge >= 0.3 is 0 Å². The highest BCUT2D eigenvalue weighted by molar-refractivity contribution is 5.93. The van der Waals surface area contributed by atoms with Crippen molar-refractivity contribution < 1.29 is 4.79 Å². The zero-order chi connectivity index (χ0) is 12.5. The van der Waals surface area contributed by atoms with Gasteiger partial charge in [0.05, 0.1) is 11.8 Å². The minimum absolute atomic E-state index is 0.0341. The fourth-order valence-electron chi connectivity index (χ4n) is 2.43. The molecule has 0 aromatic carbocycles. The molecular weight excluding hydrogens is 216 g/mol. The number of nitrogens with one attached hydrogen (secondary N) is 1. The molecule has 17 heavy (non-hydrogen) atoms. The van der Waals surface area contributed by atoms with Gasteiger partial charge < -0.3 is 9.80 Å². The zero-order valence-electron chi connectivity index (χ0n) is 10.7. The van der Waals surface area contributed by atoms with Gasteiger partial charge in [-0.25, -0.2) is 0 Å². The summed E-state index contributed by atoms with van der Waals surface area (Å²) in [6, 6.07) is 0. The first-order valence-corrected chi connectivity index (χ1v) is 5.97. The molecule has 1 saturated carbocycles. The van der Waals surface area contributed by atoms with E-state index in [0.29, 0.717) is 5.56 Å². The average Bonchev–Trinajstić information content (AvgIpc) is 2.74. The molecule has 0 radical (unpaired) electrons. The lowest BCUT2D eigenvalue weighted by Gasteiger charge is -2.49. The zero-order valence-corrected chi connectivity index (χ0v) is 10.7. The number of carbonyl (C=O) groups is 1. The van der Waals surface area contributed by atoms with Crippen LogP contribution in [0.15, 0.2) is 12.4 Å². The van der Waals surface area contributed by atoms with E-state index in [-0.39, 0.29) is 11.4 Å². The Hall–Kier alpha value is -1.36. The highest BCUT2D eigenvalue weighted by Gasteiger charge is 2.40. The Morgan fingerprint density at radius 2 is 2.18 bits per heavy atom. The highest BCUT2D eigenvalue weighted by Crippen LogP contribution is 2.36. The molecule has 5 heteroatoms. The van der Waals surface area contributed by atoms with Crippen molar-refractivity contribution in [3.63, 3.8) is 0 Å². The first-order valence-electron chi connectivity index (χ1n) is 5.97. The summed E-state index contributed by atoms with van der Waals surface area (Å²) in [6.07, 6.45) is 6.81. The van der Waals surface area contributed by atoms with Crippen molar-refractivity contribution in [2.45, 2.75) is 24.8 Å². The first-order chi connectivity index (χ1) is 8.05. The molecule has 5 nitrogen and oxygen atoms in total. The SMILES string of the molecule is CN(CC1(N(C)C)CCC1)C(=O)c1cn[nH]c1. The van der Waals surface area contributed by atoms with Gasteiger partial charge in [-0.05, 0) is 33.4 Å². The third-order valence-corrected chi connectivity index (χ3v) is 3.86. The lowest BCUT2D eigenvalue weighted by Crippen LogP contribution is -2.57. The Labute approximate surface area is 102 Å². The second kappa shape index (κ2) is 4.49. The van der Waals surface area contributed by atoms with Crippen molar-refractivity contribution in [3.05, 3.63) is 18.0 Å². The maximum atomic E-state index is 12.1. The number of H-pyrrole nitrogens is 1. The van der Waals surface area contributed by atoms with Gasteiger partial charge in [0.1, 0.15) is 0 Å². The number of nitrogens with zero attached hydrogens (tertiary/aromatic N) is 3. The van der Waals surface area contributed by atoms with Crippen molar-refractivity contribution in [3.8, 4) is 0 Å². The lowest BCUT2D eigenvalue weighted by atomic mass is 9.75. The molecule has 0 saturated heterocycles. The first kappa shape index (κ1) is 12.1. The van der Waals surface area contributed by atoms with E-state index >= 15 is 0 Å². The summed E-state index contributed by atoms with van der Waals surface area (Å²) in [6.45, 7) is 0.782. The molecule has 0 atom stereocenters. The number of aromatic nitrogens is 2. The molecule has 1 fully saturated rings. The fraction of sp³-hybridized carbons (Fsp3) is 0.667. The van der Waals surface area contributed by atoms with Gasteiger partial charge in [-0.2, -0.15) is 5.10 Å². The van der Waals surface area contributed by atoms with Gasteiger partial charge in [0.15, 0.2) is 0 Å². The average molecular weight is 236 g/mol. The summed E-state index contributed by atoms with van der Waals surface area (Å²) in [4.78, 5) is 16.1. The fourth-order valence-corrected chi connectivity index (χ4v) is 2.43. The Balaban J connectivity index is 2.01. The van der Waals surface area contributed by atoms with E-state index in [9.17, 15) is 4.79 Å². The second-order valence-corrected chi connectivity index (χ2v) is 5.12. The van der Waals surface area contributed by atoms with E-state index in [1.807, 2.05) is 7.05 Å². The van der Waals surface area contributed by atoms with Crippen LogP contribution in [0.2, 0.25) is 0 Å². The van der Waals surface area contributed by atoms with Crippen molar-refractivity contribution in [1.82, 2.24) is 20.0 Å². The Morgan fingerprint density at radius 3 is 2.59 bits per heavy atom. The number of hydrogen-bond acceptors (Lipinski definition) is 3. The normalized spacial score (nSPS) is 17.9. The molecule has 1 N–H and O–H groups in total. The molecule has 1 aliphatic rings. The molecule has 0 unspecified atom stereocenters. The number of rotatable bonds is 4. The molecular formula is C12H20N4O. The third-order valence-electron chi connectivity index (χ3n) is 3.86. The second-order valence-electron chi connectivity index (χ2n) is 5.12. The number of hydrogen-bond donors (Lipinski definition) is 1. The summed E-state index contributed by atoms with van der Waals surface area (Å²) in [5.74, 6) is 0.0341. The Kier molecular flexibility index (Phi) is 3.19. The predicted molar refractivity (Wildman–Crippen MR) is 65.8 cm³/mol. The van der Waals surface area contributed by atoms with Crippen molar-refractivity contribution >= 4 is 5.91 Å².